The van der Waals surface area contributed by atoms with Crippen LogP contribution in [-0.4, -0.2) is 30.7 Å². The Labute approximate surface area is 148 Å². The topological polar surface area (TPSA) is 102 Å². The van der Waals surface area contributed by atoms with Gasteiger partial charge in [0.15, 0.2) is 5.82 Å². The van der Waals surface area contributed by atoms with Gasteiger partial charge in [-0.1, -0.05) is 0 Å². The van der Waals surface area contributed by atoms with Crippen LogP contribution in [-0.2, 0) is 20.1 Å². The van der Waals surface area contributed by atoms with Crippen LogP contribution >= 0.6 is 11.3 Å². The van der Waals surface area contributed by atoms with Crippen molar-refractivity contribution in [3.05, 3.63) is 40.8 Å². The van der Waals surface area contributed by atoms with Gasteiger partial charge < -0.3 is 10.6 Å². The van der Waals surface area contributed by atoms with E-state index in [1.165, 1.54) is 0 Å². The molecule has 0 fully saturated rings. The summed E-state index contributed by atoms with van der Waals surface area (Å²) in [4.78, 5) is 23.9. The third kappa shape index (κ3) is 2.93. The lowest BCUT2D eigenvalue weighted by atomic mass is 10.3. The Morgan fingerprint density at radius 3 is 2.92 bits per heavy atom. The Balaban J connectivity index is 1.52. The highest BCUT2D eigenvalue weighted by atomic mass is 32.1. The molecule has 3 N–H and O–H groups in total. The third-order valence-corrected chi connectivity index (χ3v) is 4.94. The minimum atomic E-state index is -0.238. The smallest absolute Gasteiger partial charge is 0.323 e. The number of nitrogens with zero attached hydrogens (tertiary/aromatic N) is 5. The van der Waals surface area contributed by atoms with Crippen molar-refractivity contribution >= 4 is 28.9 Å². The van der Waals surface area contributed by atoms with Gasteiger partial charge >= 0.3 is 6.03 Å². The second kappa shape index (κ2) is 5.85. The van der Waals surface area contributed by atoms with Gasteiger partial charge in [0.2, 0.25) is 0 Å². The predicted octanol–water partition coefficient (Wildman–Crippen LogP) is 2.38. The van der Waals surface area contributed by atoms with Crippen LogP contribution in [0.2, 0.25) is 0 Å². The summed E-state index contributed by atoms with van der Waals surface area (Å²) in [6.07, 6.45) is 3.70. The molecule has 9 heteroatoms. The number of anilines is 2. The number of pyridine rings is 1. The summed E-state index contributed by atoms with van der Waals surface area (Å²) < 4.78 is 1.76. The number of carbonyl (C=O) groups is 1. The monoisotopic (exact) mass is 355 g/mol. The number of urea groups is 1. The number of fused-ring (bicyclic) bond motifs is 1. The maximum Gasteiger partial charge on any atom is 0.323 e. The summed E-state index contributed by atoms with van der Waals surface area (Å²) in [6.45, 7) is 2.95. The highest BCUT2D eigenvalue weighted by Crippen LogP contribution is 2.28. The standard InChI is InChI=1S/C16H17N7OS/c1-9-18-5-14(25-9)12-4-3-11(17)15(19-12)20-16(24)23-7-10-6-22(2)21-13(10)8-23/h3-6H,7-8,17H2,1-2H3,(H,19,20,24). The lowest BCUT2D eigenvalue weighted by Crippen LogP contribution is -2.31. The molecular formula is C16H17N7OS. The van der Waals surface area contributed by atoms with Crippen LogP contribution in [0.25, 0.3) is 10.6 Å². The van der Waals surface area contributed by atoms with Gasteiger partial charge in [-0.25, -0.2) is 14.8 Å². The van der Waals surface area contributed by atoms with Gasteiger partial charge in [0.25, 0.3) is 0 Å². The summed E-state index contributed by atoms with van der Waals surface area (Å²) in [5.41, 5.74) is 9.13. The van der Waals surface area contributed by atoms with Crippen molar-refractivity contribution in [3.8, 4) is 10.6 Å². The average molecular weight is 355 g/mol. The number of nitrogens with two attached hydrogens (primary N) is 1. The van der Waals surface area contributed by atoms with Gasteiger partial charge in [-0.3, -0.25) is 10.00 Å². The molecule has 1 aliphatic heterocycles. The van der Waals surface area contributed by atoms with Crippen molar-refractivity contribution in [1.82, 2.24) is 24.6 Å². The number of hydrogen-bond donors (Lipinski definition) is 2. The maximum atomic E-state index is 12.5. The molecular weight excluding hydrogens is 338 g/mol. The molecule has 0 saturated carbocycles. The fourth-order valence-corrected chi connectivity index (χ4v) is 3.55. The summed E-state index contributed by atoms with van der Waals surface area (Å²) in [5.74, 6) is 0.360. The van der Waals surface area contributed by atoms with Gasteiger partial charge in [-0.2, -0.15) is 5.10 Å². The van der Waals surface area contributed by atoms with Crippen molar-refractivity contribution in [2.75, 3.05) is 11.1 Å². The van der Waals surface area contributed by atoms with E-state index in [2.05, 4.69) is 20.4 Å². The number of rotatable bonds is 2. The summed E-state index contributed by atoms with van der Waals surface area (Å²) >= 11 is 1.55. The molecule has 3 aromatic rings. The number of hydrogen-bond acceptors (Lipinski definition) is 6. The molecule has 3 aromatic heterocycles. The van der Waals surface area contributed by atoms with E-state index in [0.717, 1.165) is 26.8 Å². The first-order valence-electron chi connectivity index (χ1n) is 7.76. The molecule has 2 amide bonds. The van der Waals surface area contributed by atoms with Crippen molar-refractivity contribution in [2.24, 2.45) is 7.05 Å². The van der Waals surface area contributed by atoms with E-state index in [1.807, 2.05) is 26.2 Å². The van der Waals surface area contributed by atoms with Gasteiger partial charge in [-0.05, 0) is 19.1 Å². The Bertz CT molecular complexity index is 938. The molecule has 0 spiro atoms. The van der Waals surface area contributed by atoms with E-state index in [9.17, 15) is 4.79 Å². The van der Waals surface area contributed by atoms with Crippen molar-refractivity contribution < 1.29 is 4.79 Å². The number of aryl methyl sites for hydroxylation is 2. The minimum absolute atomic E-state index is 0.238. The molecule has 0 atom stereocenters. The van der Waals surface area contributed by atoms with Gasteiger partial charge in [0, 0.05) is 25.0 Å². The maximum absolute atomic E-state index is 12.5. The molecule has 128 valence electrons. The molecule has 0 radical (unpaired) electrons. The molecule has 8 nitrogen and oxygen atoms in total. The second-order valence-corrected chi connectivity index (χ2v) is 7.17. The van der Waals surface area contributed by atoms with E-state index in [4.69, 9.17) is 5.73 Å². The highest BCUT2D eigenvalue weighted by Gasteiger charge is 2.26. The van der Waals surface area contributed by atoms with E-state index in [-0.39, 0.29) is 6.03 Å². The van der Waals surface area contributed by atoms with Crippen LogP contribution in [0, 0.1) is 6.92 Å². The zero-order valence-corrected chi connectivity index (χ0v) is 14.7. The number of thiazole rings is 1. The van der Waals surface area contributed by atoms with E-state index in [0.29, 0.717) is 24.6 Å². The fourth-order valence-electron chi connectivity index (χ4n) is 2.80. The lowest BCUT2D eigenvalue weighted by Gasteiger charge is -2.17. The van der Waals surface area contributed by atoms with Crippen LogP contribution in [0.4, 0.5) is 16.3 Å². The molecule has 0 aliphatic carbocycles. The summed E-state index contributed by atoms with van der Waals surface area (Å²) in [6, 6.07) is 3.33. The Morgan fingerprint density at radius 1 is 1.36 bits per heavy atom. The summed E-state index contributed by atoms with van der Waals surface area (Å²) in [5, 5.41) is 8.12. The van der Waals surface area contributed by atoms with Crippen LogP contribution < -0.4 is 11.1 Å². The van der Waals surface area contributed by atoms with Crippen LogP contribution in [0.3, 0.4) is 0 Å². The van der Waals surface area contributed by atoms with Crippen molar-refractivity contribution in [1.29, 1.82) is 0 Å². The molecule has 0 unspecified atom stereocenters. The molecule has 0 bridgehead atoms. The van der Waals surface area contributed by atoms with Gasteiger partial charge in [0.1, 0.15) is 0 Å². The number of carbonyl (C=O) groups excluding carboxylic acids is 1. The number of nitrogen functional groups attached to an aromatic ring is 1. The normalized spacial score (nSPS) is 13.1. The zero-order valence-electron chi connectivity index (χ0n) is 13.9. The van der Waals surface area contributed by atoms with Crippen LogP contribution in [0.1, 0.15) is 16.3 Å². The number of amides is 2. The molecule has 1 aliphatic rings. The van der Waals surface area contributed by atoms with Gasteiger partial charge in [0.05, 0.1) is 40.0 Å². The average Bonchev–Trinajstić information content (AvgIpc) is 3.23. The lowest BCUT2D eigenvalue weighted by molar-refractivity contribution is 0.211. The predicted molar refractivity (Wildman–Crippen MR) is 96.0 cm³/mol. The molecule has 0 saturated heterocycles. The molecule has 4 rings (SSSR count). The quantitative estimate of drug-likeness (QED) is 0.735. The number of nitrogens with one attached hydrogen (secondary N) is 1. The second-order valence-electron chi connectivity index (χ2n) is 5.94. The highest BCUT2D eigenvalue weighted by molar-refractivity contribution is 7.15. The van der Waals surface area contributed by atoms with Gasteiger partial charge in [-0.15, -0.1) is 11.3 Å². The van der Waals surface area contributed by atoms with Crippen LogP contribution in [0.5, 0.6) is 0 Å². The van der Waals surface area contributed by atoms with E-state index in [1.54, 1.807) is 33.2 Å². The fraction of sp³-hybridized carbons (Fsp3) is 0.250. The van der Waals surface area contributed by atoms with E-state index < -0.39 is 0 Å². The van der Waals surface area contributed by atoms with Crippen LogP contribution in [0.15, 0.2) is 24.5 Å². The molecule has 4 heterocycles. The first kappa shape index (κ1) is 15.6. The third-order valence-electron chi connectivity index (χ3n) is 4.01. The first-order valence-corrected chi connectivity index (χ1v) is 8.58. The molecule has 0 aromatic carbocycles. The summed E-state index contributed by atoms with van der Waals surface area (Å²) in [7, 11) is 1.87. The molecule has 25 heavy (non-hydrogen) atoms. The number of aromatic nitrogens is 4. The largest absolute Gasteiger partial charge is 0.396 e. The first-order chi connectivity index (χ1) is 12.0. The Hall–Kier alpha value is -2.94. The van der Waals surface area contributed by atoms with Crippen molar-refractivity contribution in [3.63, 3.8) is 0 Å². The Kier molecular flexibility index (Phi) is 3.65. The SMILES string of the molecule is Cc1ncc(-c2ccc(N)c(NC(=O)N3Cc4cn(C)nc4C3)n2)s1. The zero-order chi connectivity index (χ0) is 17.6. The van der Waals surface area contributed by atoms with Crippen molar-refractivity contribution in [2.45, 2.75) is 20.0 Å². The Morgan fingerprint density at radius 2 is 2.20 bits per heavy atom. The minimum Gasteiger partial charge on any atom is -0.396 e. The van der Waals surface area contributed by atoms with E-state index >= 15 is 0 Å².